The molecule has 1 aromatic carbocycles. The number of carbonyl (C=O) groups excluding carboxylic acids is 1. The molecule has 0 heterocycles. The number of nitrogens with one attached hydrogen (secondary N) is 2. The molecule has 0 aliphatic carbocycles. The smallest absolute Gasteiger partial charge is 0.319 e. The van der Waals surface area contributed by atoms with E-state index < -0.39 is 17.9 Å². The number of benzene rings is 1. The van der Waals surface area contributed by atoms with Gasteiger partial charge in [0.15, 0.2) is 11.5 Å². The maximum Gasteiger partial charge on any atom is 0.319 e. The lowest BCUT2D eigenvalue weighted by Gasteiger charge is -2.14. The van der Waals surface area contributed by atoms with Crippen molar-refractivity contribution in [3.05, 3.63) is 18.2 Å². The summed E-state index contributed by atoms with van der Waals surface area (Å²) in [4.78, 5) is 22.3. The number of aliphatic hydroxyl groups is 1. The van der Waals surface area contributed by atoms with Crippen LogP contribution in [0, 0.1) is 5.92 Å². The summed E-state index contributed by atoms with van der Waals surface area (Å²) in [6, 6.07) is 4.38. The highest BCUT2D eigenvalue weighted by Crippen LogP contribution is 2.29. The Morgan fingerprint density at radius 1 is 1.23 bits per heavy atom. The second-order valence-electron chi connectivity index (χ2n) is 4.55. The van der Waals surface area contributed by atoms with Crippen LogP contribution in [0.2, 0.25) is 0 Å². The summed E-state index contributed by atoms with van der Waals surface area (Å²) < 4.78 is 10.2. The van der Waals surface area contributed by atoms with E-state index in [1.807, 2.05) is 0 Å². The van der Waals surface area contributed by atoms with Crippen LogP contribution in [0.5, 0.6) is 11.5 Å². The lowest BCUT2D eigenvalue weighted by molar-refractivity contribution is -0.138. The molecule has 0 fully saturated rings. The first kappa shape index (κ1) is 17.6. The zero-order valence-electron chi connectivity index (χ0n) is 12.5. The van der Waals surface area contributed by atoms with Gasteiger partial charge in [0.2, 0.25) is 0 Å². The molecule has 0 bridgehead atoms. The summed E-state index contributed by atoms with van der Waals surface area (Å²) in [7, 11) is 2.99. The minimum absolute atomic E-state index is 0.0575. The van der Waals surface area contributed by atoms with E-state index in [1.54, 1.807) is 18.2 Å². The molecular weight excluding hydrogens is 292 g/mol. The highest BCUT2D eigenvalue weighted by atomic mass is 16.5. The molecule has 4 N–H and O–H groups in total. The van der Waals surface area contributed by atoms with E-state index in [9.17, 15) is 9.59 Å². The van der Waals surface area contributed by atoms with Gasteiger partial charge in [-0.2, -0.15) is 0 Å². The van der Waals surface area contributed by atoms with Crippen molar-refractivity contribution in [1.82, 2.24) is 5.32 Å². The fraction of sp³-hybridized carbons (Fsp3) is 0.429. The molecule has 0 aromatic heterocycles. The van der Waals surface area contributed by atoms with Crippen LogP contribution in [-0.2, 0) is 4.79 Å². The van der Waals surface area contributed by atoms with Crippen LogP contribution in [-0.4, -0.2) is 49.6 Å². The molecular formula is C14H20N2O6. The first-order chi connectivity index (χ1) is 10.5. The summed E-state index contributed by atoms with van der Waals surface area (Å²) in [6.07, 6.45) is -0.215. The number of ether oxygens (including phenoxy) is 2. The van der Waals surface area contributed by atoms with Gasteiger partial charge >= 0.3 is 12.0 Å². The molecule has 0 aliphatic rings. The Bertz CT molecular complexity index is 520. The minimum atomic E-state index is -1.03. The molecule has 0 saturated carbocycles. The number of aliphatic hydroxyl groups excluding tert-OH is 1. The van der Waals surface area contributed by atoms with Crippen molar-refractivity contribution in [3.8, 4) is 11.5 Å². The highest BCUT2D eigenvalue weighted by Gasteiger charge is 2.14. The third-order valence-electron chi connectivity index (χ3n) is 2.91. The van der Waals surface area contributed by atoms with Crippen molar-refractivity contribution >= 4 is 17.7 Å². The fourth-order valence-electron chi connectivity index (χ4n) is 1.77. The number of hydrogen-bond donors (Lipinski definition) is 4. The maximum absolute atomic E-state index is 11.7. The monoisotopic (exact) mass is 312 g/mol. The van der Waals surface area contributed by atoms with Crippen LogP contribution in [0.3, 0.4) is 0 Å². The number of anilines is 1. The predicted octanol–water partition coefficient (Wildman–Crippen LogP) is 0.908. The molecule has 0 aliphatic heterocycles. The van der Waals surface area contributed by atoms with Crippen molar-refractivity contribution in [3.63, 3.8) is 0 Å². The number of rotatable bonds is 8. The first-order valence-electron chi connectivity index (χ1n) is 6.59. The molecule has 22 heavy (non-hydrogen) atoms. The SMILES string of the molecule is COc1ccc(NC(=O)NCC(CO)CC(=O)O)cc1OC. The molecule has 1 atom stereocenters. The maximum atomic E-state index is 11.7. The number of carboxylic acid groups (broad SMARTS) is 1. The molecule has 1 unspecified atom stereocenters. The molecule has 2 amide bonds. The summed E-state index contributed by atoms with van der Waals surface area (Å²) in [5, 5.41) is 22.8. The van der Waals surface area contributed by atoms with Gasteiger partial charge < -0.3 is 30.3 Å². The van der Waals surface area contributed by atoms with E-state index in [0.29, 0.717) is 17.2 Å². The van der Waals surface area contributed by atoms with Crippen molar-refractivity contribution < 1.29 is 29.3 Å². The molecule has 0 saturated heterocycles. The lowest BCUT2D eigenvalue weighted by atomic mass is 10.1. The van der Waals surface area contributed by atoms with Crippen LogP contribution >= 0.6 is 0 Å². The Hall–Kier alpha value is -2.48. The largest absolute Gasteiger partial charge is 0.493 e. The number of amides is 2. The summed E-state index contributed by atoms with van der Waals surface area (Å²) in [6.45, 7) is -0.259. The molecule has 8 nitrogen and oxygen atoms in total. The number of carbonyl (C=O) groups is 2. The Kier molecular flexibility index (Phi) is 6.97. The number of hydrogen-bond acceptors (Lipinski definition) is 5. The van der Waals surface area contributed by atoms with Gasteiger partial charge in [-0.25, -0.2) is 4.79 Å². The number of carboxylic acids is 1. The van der Waals surface area contributed by atoms with Crippen LogP contribution in [0.25, 0.3) is 0 Å². The second-order valence-corrected chi connectivity index (χ2v) is 4.55. The van der Waals surface area contributed by atoms with Crippen LogP contribution in [0.4, 0.5) is 10.5 Å². The standard InChI is InChI=1S/C14H20N2O6/c1-21-11-4-3-10(6-12(11)22-2)16-14(20)15-7-9(8-17)5-13(18)19/h3-4,6,9,17H,5,7-8H2,1-2H3,(H,18,19)(H2,15,16,20). The van der Waals surface area contributed by atoms with Crippen molar-refractivity contribution in [2.75, 3.05) is 32.7 Å². The minimum Gasteiger partial charge on any atom is -0.493 e. The van der Waals surface area contributed by atoms with E-state index in [1.165, 1.54) is 14.2 Å². The molecule has 0 spiro atoms. The topological polar surface area (TPSA) is 117 Å². The molecule has 1 rings (SSSR count). The predicted molar refractivity (Wildman–Crippen MR) is 79.4 cm³/mol. The van der Waals surface area contributed by atoms with E-state index in [4.69, 9.17) is 19.7 Å². The zero-order valence-corrected chi connectivity index (χ0v) is 12.5. The van der Waals surface area contributed by atoms with E-state index >= 15 is 0 Å². The van der Waals surface area contributed by atoms with E-state index in [-0.39, 0.29) is 19.6 Å². The first-order valence-corrected chi connectivity index (χ1v) is 6.59. The lowest BCUT2D eigenvalue weighted by Crippen LogP contribution is -2.35. The second kappa shape index (κ2) is 8.73. The molecule has 0 radical (unpaired) electrons. The van der Waals surface area contributed by atoms with Gasteiger partial charge in [0.05, 0.1) is 20.6 Å². The average molecular weight is 312 g/mol. The number of aliphatic carboxylic acids is 1. The highest BCUT2D eigenvalue weighted by molar-refractivity contribution is 5.89. The van der Waals surface area contributed by atoms with Crippen LogP contribution < -0.4 is 20.1 Å². The Balaban J connectivity index is 2.56. The average Bonchev–Trinajstić information content (AvgIpc) is 2.50. The molecule has 1 aromatic rings. The molecule has 122 valence electrons. The van der Waals surface area contributed by atoms with Gasteiger partial charge in [-0.3, -0.25) is 4.79 Å². The van der Waals surface area contributed by atoms with Gasteiger partial charge in [0.1, 0.15) is 0 Å². The van der Waals surface area contributed by atoms with Gasteiger partial charge in [0.25, 0.3) is 0 Å². The quantitative estimate of drug-likeness (QED) is 0.567. The van der Waals surface area contributed by atoms with E-state index in [2.05, 4.69) is 10.6 Å². The van der Waals surface area contributed by atoms with Crippen molar-refractivity contribution in [2.45, 2.75) is 6.42 Å². The number of methoxy groups -OCH3 is 2. The molecule has 8 heteroatoms. The third kappa shape index (κ3) is 5.49. The van der Waals surface area contributed by atoms with Gasteiger partial charge in [-0.1, -0.05) is 0 Å². The Morgan fingerprint density at radius 2 is 1.91 bits per heavy atom. The fourth-order valence-corrected chi connectivity index (χ4v) is 1.77. The third-order valence-corrected chi connectivity index (χ3v) is 2.91. The summed E-state index contributed by atoms with van der Waals surface area (Å²) in [5.41, 5.74) is 0.494. The van der Waals surface area contributed by atoms with Crippen LogP contribution in [0.1, 0.15) is 6.42 Å². The zero-order chi connectivity index (χ0) is 16.5. The van der Waals surface area contributed by atoms with E-state index in [0.717, 1.165) is 0 Å². The number of urea groups is 1. The Labute approximate surface area is 128 Å². The van der Waals surface area contributed by atoms with Crippen LogP contribution in [0.15, 0.2) is 18.2 Å². The van der Waals surface area contributed by atoms with Crippen molar-refractivity contribution in [1.29, 1.82) is 0 Å². The van der Waals surface area contributed by atoms with Crippen molar-refractivity contribution in [2.24, 2.45) is 5.92 Å². The normalized spacial score (nSPS) is 11.4. The summed E-state index contributed by atoms with van der Waals surface area (Å²) in [5.74, 6) is -0.551. The van der Waals surface area contributed by atoms with Gasteiger partial charge in [0, 0.05) is 30.8 Å². The van der Waals surface area contributed by atoms with Gasteiger partial charge in [-0.05, 0) is 12.1 Å². The summed E-state index contributed by atoms with van der Waals surface area (Å²) >= 11 is 0. The Morgan fingerprint density at radius 3 is 2.45 bits per heavy atom. The van der Waals surface area contributed by atoms with Gasteiger partial charge in [-0.15, -0.1) is 0 Å².